The molecule has 0 fully saturated rings. The van der Waals surface area contributed by atoms with Crippen LogP contribution in [0, 0.1) is 5.92 Å². The molecule has 6 nitrogen and oxygen atoms in total. The van der Waals surface area contributed by atoms with E-state index in [1.54, 1.807) is 6.08 Å². The van der Waals surface area contributed by atoms with E-state index in [0.717, 1.165) is 11.3 Å². The molecule has 0 radical (unpaired) electrons. The Labute approximate surface area is 158 Å². The molecule has 1 unspecified atom stereocenters. The van der Waals surface area contributed by atoms with Crippen molar-refractivity contribution in [2.24, 2.45) is 11.8 Å². The largest absolute Gasteiger partial charge is 0.469 e. The normalized spacial score (nSPS) is 19.7. The first-order chi connectivity index (χ1) is 13.1. The SMILES string of the molecule is COC(=O)C1CC=C(/C(=C/C2=CCNC=C2)N(N)c2ccccc2)C(=O)C1. The Morgan fingerprint density at radius 1 is 1.30 bits per heavy atom. The van der Waals surface area contributed by atoms with Crippen LogP contribution in [0.1, 0.15) is 12.8 Å². The highest BCUT2D eigenvalue weighted by atomic mass is 16.5. The summed E-state index contributed by atoms with van der Waals surface area (Å²) in [6.07, 6.45) is 10.0. The summed E-state index contributed by atoms with van der Waals surface area (Å²) in [5.41, 5.74) is 2.85. The van der Waals surface area contributed by atoms with Gasteiger partial charge in [-0.1, -0.05) is 30.4 Å². The molecule has 1 heterocycles. The zero-order valence-corrected chi connectivity index (χ0v) is 15.2. The van der Waals surface area contributed by atoms with Crippen LogP contribution in [0.3, 0.4) is 0 Å². The molecule has 2 aliphatic rings. The number of benzene rings is 1. The Morgan fingerprint density at radius 3 is 2.70 bits per heavy atom. The summed E-state index contributed by atoms with van der Waals surface area (Å²) in [6, 6.07) is 9.45. The summed E-state index contributed by atoms with van der Waals surface area (Å²) in [4.78, 5) is 24.6. The van der Waals surface area contributed by atoms with Crippen molar-refractivity contribution in [3.63, 3.8) is 0 Å². The first kappa shape index (κ1) is 18.7. The fourth-order valence-electron chi connectivity index (χ4n) is 3.12. The number of esters is 1. The molecule has 1 aromatic rings. The van der Waals surface area contributed by atoms with Gasteiger partial charge in [0.15, 0.2) is 5.78 Å². The van der Waals surface area contributed by atoms with E-state index in [2.05, 4.69) is 5.32 Å². The second kappa shape index (κ2) is 8.51. The number of Topliss-reactive ketones (excluding diaryl/α,β-unsaturated/α-hetero) is 1. The number of hydrogen-bond acceptors (Lipinski definition) is 6. The maximum absolute atomic E-state index is 12.8. The summed E-state index contributed by atoms with van der Waals surface area (Å²) in [5.74, 6) is 5.47. The van der Waals surface area contributed by atoms with E-state index in [1.165, 1.54) is 12.1 Å². The average molecular weight is 365 g/mol. The fraction of sp³-hybridized carbons (Fsp3) is 0.238. The molecule has 0 saturated heterocycles. The number of nitrogens with one attached hydrogen (secondary N) is 1. The number of anilines is 1. The van der Waals surface area contributed by atoms with E-state index in [-0.39, 0.29) is 18.2 Å². The van der Waals surface area contributed by atoms with Crippen molar-refractivity contribution in [3.05, 3.63) is 77.7 Å². The van der Waals surface area contributed by atoms with Crippen LogP contribution in [-0.2, 0) is 14.3 Å². The van der Waals surface area contributed by atoms with Crippen molar-refractivity contribution >= 4 is 17.4 Å². The Kier molecular flexibility index (Phi) is 5.88. The number of allylic oxidation sites excluding steroid dienone is 5. The number of hydrogen-bond donors (Lipinski definition) is 2. The number of carbonyl (C=O) groups is 2. The molecule has 1 aliphatic heterocycles. The molecule has 0 aromatic heterocycles. The minimum atomic E-state index is -0.437. The standard InChI is InChI=1S/C21H23N3O3/c1-27-21(26)16-7-8-18(20(25)14-16)19(13-15-9-11-23-12-10-15)24(22)17-5-3-2-4-6-17/h2-6,8-11,13,16,23H,7,12,14,22H2,1H3/b19-13-. The van der Waals surface area contributed by atoms with Crippen LogP contribution in [0.4, 0.5) is 5.69 Å². The molecule has 1 atom stereocenters. The van der Waals surface area contributed by atoms with Gasteiger partial charge in [0.25, 0.3) is 0 Å². The molecule has 6 heteroatoms. The van der Waals surface area contributed by atoms with Crippen LogP contribution < -0.4 is 16.2 Å². The first-order valence-corrected chi connectivity index (χ1v) is 8.83. The highest BCUT2D eigenvalue weighted by Crippen LogP contribution is 2.30. The quantitative estimate of drug-likeness (QED) is 0.473. The lowest BCUT2D eigenvalue weighted by molar-refractivity contribution is -0.147. The van der Waals surface area contributed by atoms with Gasteiger partial charge in [0.2, 0.25) is 0 Å². The molecular weight excluding hydrogens is 342 g/mol. The van der Waals surface area contributed by atoms with Crippen molar-refractivity contribution in [1.29, 1.82) is 0 Å². The van der Waals surface area contributed by atoms with Gasteiger partial charge in [0.1, 0.15) is 0 Å². The van der Waals surface area contributed by atoms with Crippen LogP contribution in [0.2, 0.25) is 0 Å². The van der Waals surface area contributed by atoms with Crippen LogP contribution >= 0.6 is 0 Å². The number of para-hydroxylation sites is 1. The van der Waals surface area contributed by atoms with Crippen LogP contribution in [0.25, 0.3) is 0 Å². The van der Waals surface area contributed by atoms with E-state index < -0.39 is 5.92 Å². The third-order valence-corrected chi connectivity index (χ3v) is 4.60. The number of rotatable bonds is 5. The Balaban J connectivity index is 1.97. The molecule has 0 bridgehead atoms. The lowest BCUT2D eigenvalue weighted by Gasteiger charge is -2.27. The summed E-state index contributed by atoms with van der Waals surface area (Å²) in [6.45, 7) is 0.711. The molecule has 3 N–H and O–H groups in total. The predicted molar refractivity (Wildman–Crippen MR) is 104 cm³/mol. The number of carbonyl (C=O) groups excluding carboxylic acids is 2. The Morgan fingerprint density at radius 2 is 2.07 bits per heavy atom. The maximum atomic E-state index is 12.8. The summed E-state index contributed by atoms with van der Waals surface area (Å²) >= 11 is 0. The highest BCUT2D eigenvalue weighted by Gasteiger charge is 2.30. The molecule has 1 aliphatic carbocycles. The number of hydrazine groups is 1. The molecule has 1 aromatic carbocycles. The smallest absolute Gasteiger partial charge is 0.309 e. The highest BCUT2D eigenvalue weighted by molar-refractivity contribution is 6.03. The first-order valence-electron chi connectivity index (χ1n) is 8.83. The number of methoxy groups -OCH3 is 1. The predicted octanol–water partition coefficient (Wildman–Crippen LogP) is 2.37. The number of nitrogens with zero attached hydrogens (tertiary/aromatic N) is 1. The Hall–Kier alpha value is -3.12. The molecule has 0 spiro atoms. The zero-order valence-electron chi connectivity index (χ0n) is 15.2. The van der Waals surface area contributed by atoms with E-state index in [4.69, 9.17) is 10.6 Å². The van der Waals surface area contributed by atoms with Gasteiger partial charge in [-0.2, -0.15) is 0 Å². The van der Waals surface area contributed by atoms with Gasteiger partial charge in [0.05, 0.1) is 24.4 Å². The fourth-order valence-corrected chi connectivity index (χ4v) is 3.12. The van der Waals surface area contributed by atoms with Gasteiger partial charge in [-0.3, -0.25) is 14.6 Å². The third kappa shape index (κ3) is 4.35. The van der Waals surface area contributed by atoms with Gasteiger partial charge >= 0.3 is 5.97 Å². The minimum absolute atomic E-state index is 0.118. The summed E-state index contributed by atoms with van der Waals surface area (Å²) in [7, 11) is 1.34. The monoisotopic (exact) mass is 365 g/mol. The van der Waals surface area contributed by atoms with Crippen molar-refractivity contribution in [2.45, 2.75) is 12.8 Å². The van der Waals surface area contributed by atoms with Crippen molar-refractivity contribution in [2.75, 3.05) is 18.7 Å². The molecule has 0 saturated carbocycles. The van der Waals surface area contributed by atoms with Crippen molar-refractivity contribution in [1.82, 2.24) is 5.32 Å². The summed E-state index contributed by atoms with van der Waals surface area (Å²) < 4.78 is 4.78. The average Bonchev–Trinajstić information content (AvgIpc) is 2.72. The van der Waals surface area contributed by atoms with E-state index in [1.807, 2.05) is 54.8 Å². The minimum Gasteiger partial charge on any atom is -0.469 e. The topological polar surface area (TPSA) is 84.7 Å². The molecular formula is C21H23N3O3. The number of ether oxygens (including phenoxy) is 1. The zero-order chi connectivity index (χ0) is 19.2. The van der Waals surface area contributed by atoms with E-state index >= 15 is 0 Å². The van der Waals surface area contributed by atoms with Gasteiger partial charge in [-0.05, 0) is 42.5 Å². The summed E-state index contributed by atoms with van der Waals surface area (Å²) in [5, 5.41) is 4.61. The number of nitrogens with two attached hydrogens (primary N) is 1. The number of ketones is 1. The lowest BCUT2D eigenvalue weighted by atomic mass is 9.86. The second-order valence-electron chi connectivity index (χ2n) is 6.38. The molecule has 3 rings (SSSR count). The maximum Gasteiger partial charge on any atom is 0.309 e. The molecule has 140 valence electrons. The lowest BCUT2D eigenvalue weighted by Crippen LogP contribution is -2.34. The van der Waals surface area contributed by atoms with Gasteiger partial charge in [-0.25, -0.2) is 5.84 Å². The van der Waals surface area contributed by atoms with E-state index in [0.29, 0.717) is 24.2 Å². The van der Waals surface area contributed by atoms with Crippen molar-refractivity contribution in [3.8, 4) is 0 Å². The molecule has 27 heavy (non-hydrogen) atoms. The van der Waals surface area contributed by atoms with Crippen LogP contribution in [0.5, 0.6) is 0 Å². The Bertz CT molecular complexity index is 837. The third-order valence-electron chi connectivity index (χ3n) is 4.60. The van der Waals surface area contributed by atoms with Crippen LogP contribution in [-0.4, -0.2) is 25.4 Å². The van der Waals surface area contributed by atoms with Crippen molar-refractivity contribution < 1.29 is 14.3 Å². The van der Waals surface area contributed by atoms with Gasteiger partial charge in [-0.15, -0.1) is 0 Å². The van der Waals surface area contributed by atoms with E-state index in [9.17, 15) is 9.59 Å². The van der Waals surface area contributed by atoms with Gasteiger partial charge in [0, 0.05) is 18.5 Å². The molecule has 0 amide bonds. The number of dihydropyridines is 1. The van der Waals surface area contributed by atoms with Crippen LogP contribution in [0.15, 0.2) is 77.7 Å². The van der Waals surface area contributed by atoms with Gasteiger partial charge < -0.3 is 10.1 Å². The second-order valence-corrected chi connectivity index (χ2v) is 6.38.